The SMILES string of the molecule is C[C@H](CN(c1ccc(OC2CNC2)cn1)C(C(N)=O)c1ccccc1)c1ccc(C#N)cc1. The van der Waals surface area contributed by atoms with Crippen molar-refractivity contribution in [2.24, 2.45) is 5.73 Å². The van der Waals surface area contributed by atoms with Gasteiger partial charge < -0.3 is 20.7 Å². The number of primary amides is 1. The second kappa shape index (κ2) is 10.2. The normalized spacial score (nSPS) is 15.0. The van der Waals surface area contributed by atoms with Gasteiger partial charge in [-0.05, 0) is 41.3 Å². The van der Waals surface area contributed by atoms with Crippen molar-refractivity contribution in [3.05, 3.63) is 89.6 Å². The van der Waals surface area contributed by atoms with Gasteiger partial charge in [-0.1, -0.05) is 49.4 Å². The van der Waals surface area contributed by atoms with Gasteiger partial charge in [-0.2, -0.15) is 5.26 Å². The lowest BCUT2D eigenvalue weighted by atomic mass is 9.97. The zero-order valence-electron chi connectivity index (χ0n) is 18.5. The predicted octanol–water partition coefficient (Wildman–Crippen LogP) is 3.14. The van der Waals surface area contributed by atoms with Gasteiger partial charge in [-0.15, -0.1) is 0 Å². The first-order chi connectivity index (χ1) is 16.0. The molecule has 33 heavy (non-hydrogen) atoms. The summed E-state index contributed by atoms with van der Waals surface area (Å²) in [5.41, 5.74) is 8.38. The van der Waals surface area contributed by atoms with E-state index in [1.54, 1.807) is 18.3 Å². The average molecular weight is 442 g/mol. The van der Waals surface area contributed by atoms with Crippen LogP contribution >= 0.6 is 0 Å². The Balaban J connectivity index is 1.64. The number of aromatic nitrogens is 1. The number of anilines is 1. The molecule has 1 saturated heterocycles. The molecule has 3 N–H and O–H groups in total. The predicted molar refractivity (Wildman–Crippen MR) is 127 cm³/mol. The molecule has 0 saturated carbocycles. The highest BCUT2D eigenvalue weighted by molar-refractivity contribution is 5.85. The van der Waals surface area contributed by atoms with Crippen LogP contribution in [0.15, 0.2) is 72.9 Å². The molecule has 1 fully saturated rings. The maximum absolute atomic E-state index is 12.7. The summed E-state index contributed by atoms with van der Waals surface area (Å²) >= 11 is 0. The van der Waals surface area contributed by atoms with Crippen LogP contribution in [-0.4, -0.2) is 36.6 Å². The van der Waals surface area contributed by atoms with E-state index in [9.17, 15) is 4.79 Å². The molecule has 1 amide bonds. The second-order valence-corrected chi connectivity index (χ2v) is 8.25. The summed E-state index contributed by atoms with van der Waals surface area (Å²) < 4.78 is 5.89. The molecule has 1 aliphatic heterocycles. The Labute approximate surface area is 193 Å². The van der Waals surface area contributed by atoms with E-state index in [4.69, 9.17) is 15.7 Å². The zero-order valence-corrected chi connectivity index (χ0v) is 18.5. The van der Waals surface area contributed by atoms with E-state index in [2.05, 4.69) is 23.3 Å². The number of hydrogen-bond acceptors (Lipinski definition) is 6. The average Bonchev–Trinajstić information content (AvgIpc) is 2.82. The summed E-state index contributed by atoms with van der Waals surface area (Å²) in [6.07, 6.45) is 1.85. The number of nitrogens with zero attached hydrogens (tertiary/aromatic N) is 3. The van der Waals surface area contributed by atoms with Crippen molar-refractivity contribution < 1.29 is 9.53 Å². The molecule has 2 heterocycles. The fourth-order valence-corrected chi connectivity index (χ4v) is 3.90. The Morgan fingerprint density at radius 2 is 1.88 bits per heavy atom. The van der Waals surface area contributed by atoms with Crippen molar-refractivity contribution in [1.29, 1.82) is 5.26 Å². The van der Waals surface area contributed by atoms with Crippen LogP contribution in [0.1, 0.15) is 35.6 Å². The highest BCUT2D eigenvalue weighted by atomic mass is 16.5. The number of nitriles is 1. The maximum Gasteiger partial charge on any atom is 0.244 e. The Bertz CT molecular complexity index is 1110. The van der Waals surface area contributed by atoms with Gasteiger partial charge >= 0.3 is 0 Å². The van der Waals surface area contributed by atoms with Crippen LogP contribution in [0.5, 0.6) is 5.75 Å². The standard InChI is InChI=1S/C26H27N5O2/c1-18(20-9-7-19(13-27)8-10-20)17-31(25(26(28)32)21-5-3-2-4-6-21)24-12-11-22(16-30-24)33-23-14-29-15-23/h2-12,16,18,23,25,29H,14-15,17H2,1H3,(H2,28,32)/t18-,25?/m1/s1. The number of amides is 1. The topological polar surface area (TPSA) is 104 Å². The molecule has 2 atom stereocenters. The summed E-state index contributed by atoms with van der Waals surface area (Å²) in [4.78, 5) is 19.2. The molecule has 2 aromatic carbocycles. The zero-order chi connectivity index (χ0) is 23.2. The van der Waals surface area contributed by atoms with Crippen LogP contribution in [-0.2, 0) is 4.79 Å². The number of pyridine rings is 1. The number of carbonyl (C=O) groups is 1. The van der Waals surface area contributed by atoms with E-state index >= 15 is 0 Å². The van der Waals surface area contributed by atoms with Gasteiger partial charge in [0.2, 0.25) is 5.91 Å². The lowest BCUT2D eigenvalue weighted by molar-refractivity contribution is -0.119. The van der Waals surface area contributed by atoms with Crippen LogP contribution in [0.25, 0.3) is 0 Å². The van der Waals surface area contributed by atoms with Gasteiger partial charge in [0.25, 0.3) is 0 Å². The first kappa shape index (κ1) is 22.3. The molecule has 1 aromatic heterocycles. The van der Waals surface area contributed by atoms with E-state index in [0.717, 1.165) is 24.2 Å². The summed E-state index contributed by atoms with van der Waals surface area (Å²) in [5, 5.41) is 12.3. The molecule has 168 valence electrons. The van der Waals surface area contributed by atoms with Gasteiger partial charge in [-0.25, -0.2) is 4.98 Å². The van der Waals surface area contributed by atoms with E-state index in [1.165, 1.54) is 0 Å². The summed E-state index contributed by atoms with van der Waals surface area (Å²) in [5.74, 6) is 0.945. The second-order valence-electron chi connectivity index (χ2n) is 8.25. The highest BCUT2D eigenvalue weighted by Gasteiger charge is 2.29. The number of carbonyl (C=O) groups excluding carboxylic acids is 1. The monoisotopic (exact) mass is 441 g/mol. The van der Waals surface area contributed by atoms with Crippen molar-refractivity contribution in [3.63, 3.8) is 0 Å². The Morgan fingerprint density at radius 1 is 1.15 bits per heavy atom. The van der Waals surface area contributed by atoms with Crippen LogP contribution in [0.3, 0.4) is 0 Å². The van der Waals surface area contributed by atoms with Crippen molar-refractivity contribution in [2.75, 3.05) is 24.5 Å². The molecule has 4 rings (SSSR count). The summed E-state index contributed by atoms with van der Waals surface area (Å²) in [6.45, 7) is 4.24. The first-order valence-electron chi connectivity index (χ1n) is 11.0. The molecular formula is C26H27N5O2. The number of nitrogens with one attached hydrogen (secondary N) is 1. The number of hydrogen-bond donors (Lipinski definition) is 2. The quantitative estimate of drug-likeness (QED) is 0.529. The minimum absolute atomic E-state index is 0.0575. The molecule has 0 radical (unpaired) electrons. The number of ether oxygens (including phenoxy) is 1. The van der Waals surface area contributed by atoms with Crippen molar-refractivity contribution in [3.8, 4) is 11.8 Å². The van der Waals surface area contributed by atoms with E-state index in [1.807, 2.05) is 59.5 Å². The van der Waals surface area contributed by atoms with Crippen molar-refractivity contribution in [2.45, 2.75) is 25.0 Å². The Morgan fingerprint density at radius 3 is 2.42 bits per heavy atom. The van der Waals surface area contributed by atoms with Gasteiger partial charge in [0.1, 0.15) is 23.7 Å². The lowest BCUT2D eigenvalue weighted by Crippen LogP contribution is -2.50. The van der Waals surface area contributed by atoms with Crippen LogP contribution in [0.4, 0.5) is 5.82 Å². The lowest BCUT2D eigenvalue weighted by Gasteiger charge is -2.33. The first-order valence-corrected chi connectivity index (χ1v) is 11.0. The van der Waals surface area contributed by atoms with Gasteiger partial charge in [0.15, 0.2) is 0 Å². The molecule has 1 unspecified atom stereocenters. The largest absolute Gasteiger partial charge is 0.486 e. The number of nitrogens with two attached hydrogens (primary N) is 1. The van der Waals surface area contributed by atoms with Gasteiger partial charge in [0.05, 0.1) is 17.8 Å². The minimum atomic E-state index is -0.679. The smallest absolute Gasteiger partial charge is 0.244 e. The maximum atomic E-state index is 12.7. The molecule has 0 spiro atoms. The number of benzene rings is 2. The number of rotatable bonds is 9. The molecule has 1 aliphatic rings. The van der Waals surface area contributed by atoms with Gasteiger partial charge in [-0.3, -0.25) is 4.79 Å². The summed E-state index contributed by atoms with van der Waals surface area (Å²) in [6, 6.07) is 22.2. The molecule has 7 heteroatoms. The third kappa shape index (κ3) is 5.30. The molecule has 0 bridgehead atoms. The Kier molecular flexibility index (Phi) is 6.86. The molecule has 7 nitrogen and oxygen atoms in total. The van der Waals surface area contributed by atoms with E-state index < -0.39 is 11.9 Å². The summed E-state index contributed by atoms with van der Waals surface area (Å²) in [7, 11) is 0. The molecule has 3 aromatic rings. The van der Waals surface area contributed by atoms with E-state index in [-0.39, 0.29) is 12.0 Å². The molecular weight excluding hydrogens is 414 g/mol. The molecule has 0 aliphatic carbocycles. The van der Waals surface area contributed by atoms with Crippen molar-refractivity contribution in [1.82, 2.24) is 10.3 Å². The van der Waals surface area contributed by atoms with Gasteiger partial charge in [0, 0.05) is 19.6 Å². The van der Waals surface area contributed by atoms with Crippen LogP contribution in [0, 0.1) is 11.3 Å². The fourth-order valence-electron chi connectivity index (χ4n) is 3.90. The van der Waals surface area contributed by atoms with E-state index in [0.29, 0.717) is 23.7 Å². The van der Waals surface area contributed by atoms with Crippen molar-refractivity contribution >= 4 is 11.7 Å². The highest BCUT2D eigenvalue weighted by Crippen LogP contribution is 2.30. The fraction of sp³-hybridized carbons (Fsp3) is 0.269. The van der Waals surface area contributed by atoms with Crippen LogP contribution in [0.2, 0.25) is 0 Å². The minimum Gasteiger partial charge on any atom is -0.486 e. The Hall–Kier alpha value is -3.89. The van der Waals surface area contributed by atoms with Crippen LogP contribution < -0.4 is 20.7 Å². The third-order valence-electron chi connectivity index (χ3n) is 5.84. The third-order valence-corrected chi connectivity index (χ3v) is 5.84.